The molecule has 9 nitrogen and oxygen atoms in total. The number of fused-ring (bicyclic) bond motifs is 3. The summed E-state index contributed by atoms with van der Waals surface area (Å²) < 4.78 is 21.0. The smallest absolute Gasteiger partial charge is 0.231 e. The molecule has 0 saturated heterocycles. The lowest BCUT2D eigenvalue weighted by Gasteiger charge is -2.58. The Bertz CT molecular complexity index is 2080. The van der Waals surface area contributed by atoms with E-state index >= 15 is 0 Å². The van der Waals surface area contributed by atoms with E-state index in [2.05, 4.69) is 48.3 Å². The molecule has 2 aliphatic carbocycles. The number of allylic oxidation sites excluding steroid dienone is 1. The van der Waals surface area contributed by atoms with Crippen LogP contribution in [0.25, 0.3) is 10.8 Å². The van der Waals surface area contributed by atoms with Crippen LogP contribution in [-0.4, -0.2) is 59.3 Å². The number of nitrogens with one attached hydrogen (secondary N) is 1. The number of hydrogen-bond donors (Lipinski definition) is 3. The van der Waals surface area contributed by atoms with Crippen molar-refractivity contribution in [3.63, 3.8) is 0 Å². The number of anilines is 1. The van der Waals surface area contributed by atoms with E-state index in [-0.39, 0.29) is 54.6 Å². The lowest BCUT2D eigenvalue weighted by atomic mass is 9.56. The van der Waals surface area contributed by atoms with E-state index in [1.807, 2.05) is 61.5 Å². The van der Waals surface area contributed by atoms with Crippen molar-refractivity contribution in [1.29, 1.82) is 0 Å². The average Bonchev–Trinajstić information content (AvgIpc) is 3.21. The summed E-state index contributed by atoms with van der Waals surface area (Å²) in [5.74, 6) is 1.01. The van der Waals surface area contributed by atoms with Crippen LogP contribution in [0.1, 0.15) is 70.3 Å². The van der Waals surface area contributed by atoms with Crippen LogP contribution >= 0.6 is 11.8 Å². The molecule has 7 rings (SSSR count). The number of hydrogen-bond acceptors (Lipinski definition) is 9. The van der Waals surface area contributed by atoms with Crippen LogP contribution in [0.5, 0.6) is 17.2 Å². The first-order valence-corrected chi connectivity index (χ1v) is 21.2. The largest absolute Gasteiger partial charge is 0.460 e. The van der Waals surface area contributed by atoms with Gasteiger partial charge >= 0.3 is 0 Å². The molecule has 1 heterocycles. The number of oxime groups is 1. The molecule has 6 atom stereocenters. The van der Waals surface area contributed by atoms with Gasteiger partial charge in [-0.15, -0.1) is 18.3 Å². The van der Waals surface area contributed by atoms with Crippen LogP contribution < -0.4 is 14.8 Å². The molecule has 4 aromatic rings. The summed E-state index contributed by atoms with van der Waals surface area (Å²) in [7, 11) is 0. The molecule has 57 heavy (non-hydrogen) atoms. The Hall–Kier alpha value is -4.61. The van der Waals surface area contributed by atoms with E-state index in [9.17, 15) is 15.0 Å². The topological polar surface area (TPSA) is 119 Å². The number of amides is 1. The number of aliphatic hydroxyl groups excluding tert-OH is 2. The first kappa shape index (κ1) is 40.6. The van der Waals surface area contributed by atoms with Crippen molar-refractivity contribution in [1.82, 2.24) is 0 Å². The molecule has 10 heteroatoms. The Morgan fingerprint density at radius 2 is 1.70 bits per heavy atom. The normalized spacial score (nSPS) is 24.2. The van der Waals surface area contributed by atoms with Gasteiger partial charge in [-0.2, -0.15) is 0 Å². The third-order valence-corrected chi connectivity index (χ3v) is 12.7. The van der Waals surface area contributed by atoms with Crippen molar-refractivity contribution in [3.8, 4) is 17.2 Å². The number of ether oxygens (including phenoxy) is 3. The highest BCUT2D eigenvalue weighted by molar-refractivity contribution is 8.00. The first-order valence-electron chi connectivity index (χ1n) is 20.3. The summed E-state index contributed by atoms with van der Waals surface area (Å²) in [6.45, 7) is 8.48. The van der Waals surface area contributed by atoms with Gasteiger partial charge in [-0.3, -0.25) is 4.79 Å². The minimum Gasteiger partial charge on any atom is -0.460 e. The third-order valence-electron chi connectivity index (χ3n) is 11.3. The van der Waals surface area contributed by atoms with Gasteiger partial charge < -0.3 is 34.6 Å². The fraction of sp³-hybridized carbons (Fsp3) is 0.404. The van der Waals surface area contributed by atoms with E-state index in [1.54, 1.807) is 17.8 Å². The lowest BCUT2D eigenvalue weighted by Crippen LogP contribution is -2.64. The highest BCUT2D eigenvalue weighted by Gasteiger charge is 2.64. The number of aliphatic hydroxyl groups is 2. The zero-order valence-corrected chi connectivity index (χ0v) is 33.7. The van der Waals surface area contributed by atoms with E-state index in [0.29, 0.717) is 19.4 Å². The van der Waals surface area contributed by atoms with Gasteiger partial charge in [-0.1, -0.05) is 60.5 Å². The van der Waals surface area contributed by atoms with Gasteiger partial charge in [-0.05, 0) is 115 Å². The van der Waals surface area contributed by atoms with Crippen molar-refractivity contribution in [2.45, 2.75) is 80.6 Å². The van der Waals surface area contributed by atoms with Gasteiger partial charge in [0.2, 0.25) is 11.7 Å². The fourth-order valence-electron chi connectivity index (χ4n) is 8.98. The maximum absolute atomic E-state index is 11.8. The maximum Gasteiger partial charge on any atom is 0.231 e. The van der Waals surface area contributed by atoms with Gasteiger partial charge in [0, 0.05) is 48.6 Å². The van der Waals surface area contributed by atoms with E-state index in [1.165, 1.54) is 6.92 Å². The van der Waals surface area contributed by atoms with Crippen LogP contribution in [-0.2, 0) is 14.4 Å². The molecule has 1 aliphatic heterocycles. The van der Waals surface area contributed by atoms with Gasteiger partial charge in [0.15, 0.2) is 0 Å². The van der Waals surface area contributed by atoms with Crippen molar-refractivity contribution >= 4 is 39.8 Å². The molecule has 3 aliphatic rings. The lowest BCUT2D eigenvalue weighted by molar-refractivity contribution is -0.223. The second-order valence-electron chi connectivity index (χ2n) is 15.1. The number of benzene rings is 4. The SMILES string of the molecule is C=CCOC12Oc3ccc(Oc4ccc5ccccc5c4)cc3C3C(CCCCO)C(CCCCO)C=C(C(=NOCC)CC1Sc1ccc(NC(C)=O)cc1)C32. The molecule has 300 valence electrons. The molecule has 0 spiro atoms. The Kier molecular flexibility index (Phi) is 13.4. The van der Waals surface area contributed by atoms with Crippen molar-refractivity contribution in [2.75, 3.05) is 31.7 Å². The molecule has 1 amide bonds. The molecule has 1 fully saturated rings. The highest BCUT2D eigenvalue weighted by atomic mass is 32.2. The molecule has 6 unspecified atom stereocenters. The van der Waals surface area contributed by atoms with E-state index in [4.69, 9.17) is 24.2 Å². The quantitative estimate of drug-likeness (QED) is 0.0518. The van der Waals surface area contributed by atoms with Gasteiger partial charge in [-0.25, -0.2) is 0 Å². The standard InChI is InChI=1S/C47H54N2O7S/c1-4-26-53-47-44(57-38-21-17-35(18-22-38)48-31(3)52)30-42(49-54-5-2)40-28-34(14-8-10-24-50)39(15-9-11-25-51)45(46(40)47)41-29-37(20-23-43(41)56-47)55-36-19-16-32-12-6-7-13-33(32)27-36/h4,6-7,12-13,16-23,27-29,34,39,44-46,50-51H,1,5,8-11,14-15,24-26,30H2,2-3H3,(H,48,52). The van der Waals surface area contributed by atoms with Crippen molar-refractivity contribution in [2.24, 2.45) is 22.9 Å². The monoisotopic (exact) mass is 790 g/mol. The summed E-state index contributed by atoms with van der Waals surface area (Å²) in [4.78, 5) is 18.6. The number of rotatable bonds is 18. The minimum atomic E-state index is -1.12. The number of unbranched alkanes of at least 4 members (excludes halogenated alkanes) is 2. The number of carbonyl (C=O) groups is 1. The molecule has 0 aromatic heterocycles. The Morgan fingerprint density at radius 3 is 2.44 bits per heavy atom. The fourth-order valence-corrected chi connectivity index (χ4v) is 10.3. The van der Waals surface area contributed by atoms with Crippen molar-refractivity contribution < 1.29 is 34.1 Å². The van der Waals surface area contributed by atoms with Crippen LogP contribution in [0.4, 0.5) is 5.69 Å². The second-order valence-corrected chi connectivity index (χ2v) is 16.4. The minimum absolute atomic E-state index is 0.0612. The summed E-state index contributed by atoms with van der Waals surface area (Å²) >= 11 is 1.68. The van der Waals surface area contributed by atoms with E-state index in [0.717, 1.165) is 87.6 Å². The highest BCUT2D eigenvalue weighted by Crippen LogP contribution is 2.63. The Morgan fingerprint density at radius 1 is 0.965 bits per heavy atom. The van der Waals surface area contributed by atoms with Gasteiger partial charge in [0.25, 0.3) is 0 Å². The number of thioether (sulfide) groups is 1. The Labute approximate surface area is 340 Å². The molecule has 4 aromatic carbocycles. The van der Waals surface area contributed by atoms with Crippen LogP contribution in [0.15, 0.2) is 119 Å². The predicted octanol–water partition coefficient (Wildman–Crippen LogP) is 10.0. The zero-order chi connectivity index (χ0) is 39.8. The summed E-state index contributed by atoms with van der Waals surface area (Å²) in [6, 6.07) is 28.4. The number of nitrogens with zero attached hydrogens (tertiary/aromatic N) is 1. The second kappa shape index (κ2) is 18.8. The average molecular weight is 791 g/mol. The molecule has 0 radical (unpaired) electrons. The Balaban J connectivity index is 1.38. The van der Waals surface area contributed by atoms with Crippen LogP contribution in [0.2, 0.25) is 0 Å². The third kappa shape index (κ3) is 8.94. The van der Waals surface area contributed by atoms with Gasteiger partial charge in [0.1, 0.15) is 23.9 Å². The maximum atomic E-state index is 11.8. The van der Waals surface area contributed by atoms with Crippen LogP contribution in [0.3, 0.4) is 0 Å². The van der Waals surface area contributed by atoms with E-state index < -0.39 is 5.79 Å². The predicted molar refractivity (Wildman–Crippen MR) is 227 cm³/mol. The van der Waals surface area contributed by atoms with Gasteiger partial charge in [0.05, 0.1) is 23.5 Å². The molecular formula is C47H54N2O7S. The zero-order valence-electron chi connectivity index (χ0n) is 32.9. The molecule has 1 saturated carbocycles. The first-order chi connectivity index (χ1) is 27.9. The molecule has 3 N–H and O–H groups in total. The van der Waals surface area contributed by atoms with Crippen molar-refractivity contribution in [3.05, 3.63) is 115 Å². The number of carbonyl (C=O) groups excluding carboxylic acids is 1. The van der Waals surface area contributed by atoms with Crippen LogP contribution in [0, 0.1) is 17.8 Å². The summed E-state index contributed by atoms with van der Waals surface area (Å²) in [5.41, 5.74) is 3.75. The summed E-state index contributed by atoms with van der Waals surface area (Å²) in [6.07, 6.45) is 9.70. The summed E-state index contributed by atoms with van der Waals surface area (Å²) in [5, 5.41) is 29.4. The molecule has 0 bridgehead atoms. The molecular weight excluding hydrogens is 737 g/mol.